The first kappa shape index (κ1) is 9.45. The Kier molecular flexibility index (Phi) is 2.41. The third kappa shape index (κ3) is 1.72. The number of nitrogens with zero attached hydrogens (tertiary/aromatic N) is 1. The lowest BCUT2D eigenvalue weighted by molar-refractivity contribution is -0.133. The van der Waals surface area contributed by atoms with E-state index in [1.165, 1.54) is 0 Å². The van der Waals surface area contributed by atoms with Crippen molar-refractivity contribution in [1.29, 1.82) is 0 Å². The zero-order valence-electron chi connectivity index (χ0n) is 7.90. The van der Waals surface area contributed by atoms with E-state index in [9.17, 15) is 14.7 Å². The summed E-state index contributed by atoms with van der Waals surface area (Å²) in [6.07, 6.45) is 1.28. The summed E-state index contributed by atoms with van der Waals surface area (Å²) in [6.45, 7) is 1.01. The van der Waals surface area contributed by atoms with Crippen LogP contribution in [0, 0.1) is 0 Å². The van der Waals surface area contributed by atoms with Crippen LogP contribution in [0.4, 0.5) is 0 Å². The molecule has 0 saturated carbocycles. The van der Waals surface area contributed by atoms with Gasteiger partial charge in [-0.1, -0.05) is 0 Å². The van der Waals surface area contributed by atoms with Crippen molar-refractivity contribution >= 4 is 11.8 Å². The molecule has 0 bridgehead atoms. The Morgan fingerprint density at radius 2 is 2.29 bits per heavy atom. The number of amides is 2. The number of likely N-dealkylation sites (tertiary alicyclic amines) is 1. The highest BCUT2D eigenvalue weighted by molar-refractivity contribution is 5.90. The zero-order valence-corrected chi connectivity index (χ0v) is 7.90. The highest BCUT2D eigenvalue weighted by Crippen LogP contribution is 2.14. The highest BCUT2D eigenvalue weighted by Gasteiger charge is 2.33. The van der Waals surface area contributed by atoms with Crippen molar-refractivity contribution in [2.45, 2.75) is 31.4 Å². The summed E-state index contributed by atoms with van der Waals surface area (Å²) in [4.78, 5) is 24.3. The van der Waals surface area contributed by atoms with Crippen LogP contribution in [0.15, 0.2) is 0 Å². The van der Waals surface area contributed by atoms with Crippen molar-refractivity contribution in [1.82, 2.24) is 10.2 Å². The molecule has 2 fully saturated rings. The number of β-amino-alcohol motifs (C(OH)–C–C–N with tert-alkyl or cyclic N) is 1. The topological polar surface area (TPSA) is 69.6 Å². The molecule has 2 atom stereocenters. The number of rotatable bonds is 1. The molecule has 2 rings (SSSR count). The maximum atomic E-state index is 11.7. The molecule has 0 aromatic heterocycles. The van der Waals surface area contributed by atoms with Crippen LogP contribution in [0.25, 0.3) is 0 Å². The number of hydrogen-bond donors (Lipinski definition) is 2. The summed E-state index contributed by atoms with van der Waals surface area (Å²) in [6, 6.07) is -0.354. The first-order chi connectivity index (χ1) is 6.66. The fourth-order valence-corrected chi connectivity index (χ4v) is 1.96. The summed E-state index contributed by atoms with van der Waals surface area (Å²) in [5.74, 6) is -0.101. The number of nitrogens with one attached hydrogen (secondary N) is 1. The first-order valence-corrected chi connectivity index (χ1v) is 4.93. The second-order valence-corrected chi connectivity index (χ2v) is 3.89. The van der Waals surface area contributed by atoms with Crippen molar-refractivity contribution in [3.63, 3.8) is 0 Å². The van der Waals surface area contributed by atoms with Gasteiger partial charge in [-0.3, -0.25) is 9.59 Å². The molecule has 1 unspecified atom stereocenters. The molecule has 5 heteroatoms. The molecule has 2 amide bonds. The van der Waals surface area contributed by atoms with Gasteiger partial charge in [0.1, 0.15) is 6.04 Å². The summed E-state index contributed by atoms with van der Waals surface area (Å²) in [7, 11) is 0. The van der Waals surface area contributed by atoms with Crippen LogP contribution in [-0.2, 0) is 9.59 Å². The Labute approximate surface area is 82.1 Å². The minimum atomic E-state index is -0.393. The zero-order chi connectivity index (χ0) is 10.1. The van der Waals surface area contributed by atoms with Gasteiger partial charge < -0.3 is 15.3 Å². The van der Waals surface area contributed by atoms with Gasteiger partial charge in [0, 0.05) is 19.5 Å². The third-order valence-electron chi connectivity index (χ3n) is 2.77. The van der Waals surface area contributed by atoms with Crippen molar-refractivity contribution < 1.29 is 14.7 Å². The van der Waals surface area contributed by atoms with E-state index in [-0.39, 0.29) is 17.9 Å². The number of carbonyl (C=O) groups is 2. The smallest absolute Gasteiger partial charge is 0.245 e. The van der Waals surface area contributed by atoms with Gasteiger partial charge >= 0.3 is 0 Å². The van der Waals surface area contributed by atoms with E-state index in [1.54, 1.807) is 4.90 Å². The van der Waals surface area contributed by atoms with Crippen LogP contribution in [0.5, 0.6) is 0 Å². The van der Waals surface area contributed by atoms with Gasteiger partial charge in [-0.2, -0.15) is 0 Å². The predicted molar refractivity (Wildman–Crippen MR) is 48.4 cm³/mol. The largest absolute Gasteiger partial charge is 0.391 e. The Balaban J connectivity index is 1.92. The number of aliphatic hydroxyl groups is 1. The van der Waals surface area contributed by atoms with Crippen LogP contribution in [0.3, 0.4) is 0 Å². The van der Waals surface area contributed by atoms with E-state index >= 15 is 0 Å². The SMILES string of the molecule is O=C1CCC(C(=O)N2CC[C@@H](O)C2)N1. The lowest BCUT2D eigenvalue weighted by Gasteiger charge is -2.19. The van der Waals surface area contributed by atoms with Crippen LogP contribution in [0.2, 0.25) is 0 Å². The van der Waals surface area contributed by atoms with Crippen molar-refractivity contribution in [3.8, 4) is 0 Å². The second kappa shape index (κ2) is 3.57. The maximum Gasteiger partial charge on any atom is 0.245 e. The molecule has 0 aromatic carbocycles. The predicted octanol–water partition coefficient (Wildman–Crippen LogP) is -1.14. The molecule has 0 aliphatic carbocycles. The number of aliphatic hydroxyl groups excluding tert-OH is 1. The summed E-state index contributed by atoms with van der Waals surface area (Å²) in [5, 5.41) is 11.9. The lowest BCUT2D eigenvalue weighted by atomic mass is 10.2. The van der Waals surface area contributed by atoms with E-state index in [4.69, 9.17) is 0 Å². The van der Waals surface area contributed by atoms with Gasteiger partial charge in [-0.25, -0.2) is 0 Å². The molecule has 5 nitrogen and oxygen atoms in total. The normalized spacial score (nSPS) is 32.1. The Morgan fingerprint density at radius 3 is 2.79 bits per heavy atom. The average Bonchev–Trinajstić information content (AvgIpc) is 2.73. The van der Waals surface area contributed by atoms with Crippen LogP contribution < -0.4 is 5.32 Å². The molecule has 2 N–H and O–H groups in total. The molecule has 2 aliphatic rings. The van der Waals surface area contributed by atoms with Crippen LogP contribution in [-0.4, -0.2) is 47.1 Å². The third-order valence-corrected chi connectivity index (χ3v) is 2.77. The van der Waals surface area contributed by atoms with Gasteiger partial charge in [0.25, 0.3) is 0 Å². The van der Waals surface area contributed by atoms with Crippen molar-refractivity contribution in [2.75, 3.05) is 13.1 Å². The van der Waals surface area contributed by atoms with Gasteiger partial charge in [0.15, 0.2) is 0 Å². The van der Waals surface area contributed by atoms with E-state index in [0.717, 1.165) is 0 Å². The Bertz CT molecular complexity index is 267. The molecule has 14 heavy (non-hydrogen) atoms. The fraction of sp³-hybridized carbons (Fsp3) is 0.778. The number of hydrogen-bond acceptors (Lipinski definition) is 3. The minimum Gasteiger partial charge on any atom is -0.391 e. The molecule has 2 saturated heterocycles. The van der Waals surface area contributed by atoms with E-state index in [2.05, 4.69) is 5.32 Å². The molecule has 0 radical (unpaired) electrons. The molecular formula is C9H14N2O3. The van der Waals surface area contributed by atoms with E-state index < -0.39 is 6.10 Å². The standard InChI is InChI=1S/C9H14N2O3/c12-6-3-4-11(5-6)9(14)7-1-2-8(13)10-7/h6-7,12H,1-5H2,(H,10,13)/t6-,7?/m1/s1. The minimum absolute atomic E-state index is 0.0487. The van der Waals surface area contributed by atoms with Gasteiger partial charge in [-0.05, 0) is 12.8 Å². The van der Waals surface area contributed by atoms with Gasteiger partial charge in [0.05, 0.1) is 6.10 Å². The maximum absolute atomic E-state index is 11.7. The molecule has 2 heterocycles. The molecular weight excluding hydrogens is 184 g/mol. The summed E-state index contributed by atoms with van der Waals surface area (Å²) >= 11 is 0. The molecule has 0 spiro atoms. The van der Waals surface area contributed by atoms with Crippen molar-refractivity contribution in [2.24, 2.45) is 0 Å². The van der Waals surface area contributed by atoms with Crippen LogP contribution in [0.1, 0.15) is 19.3 Å². The fourth-order valence-electron chi connectivity index (χ4n) is 1.96. The highest BCUT2D eigenvalue weighted by atomic mass is 16.3. The quantitative estimate of drug-likeness (QED) is 0.559. The molecule has 78 valence electrons. The average molecular weight is 198 g/mol. The van der Waals surface area contributed by atoms with Crippen molar-refractivity contribution in [3.05, 3.63) is 0 Å². The summed E-state index contributed by atoms with van der Waals surface area (Å²) in [5.41, 5.74) is 0. The molecule has 2 aliphatic heterocycles. The van der Waals surface area contributed by atoms with E-state index in [0.29, 0.717) is 32.4 Å². The van der Waals surface area contributed by atoms with Crippen LogP contribution >= 0.6 is 0 Å². The van der Waals surface area contributed by atoms with E-state index in [1.807, 2.05) is 0 Å². The second-order valence-electron chi connectivity index (χ2n) is 3.89. The monoisotopic (exact) mass is 198 g/mol. The van der Waals surface area contributed by atoms with Gasteiger partial charge in [0.2, 0.25) is 11.8 Å². The summed E-state index contributed by atoms with van der Waals surface area (Å²) < 4.78 is 0. The van der Waals surface area contributed by atoms with Gasteiger partial charge in [-0.15, -0.1) is 0 Å². The molecule has 0 aromatic rings. The lowest BCUT2D eigenvalue weighted by Crippen LogP contribution is -2.43. The number of carbonyl (C=O) groups excluding carboxylic acids is 2. The Morgan fingerprint density at radius 1 is 1.50 bits per heavy atom. The Hall–Kier alpha value is -1.10. The first-order valence-electron chi connectivity index (χ1n) is 4.93.